The zero-order valence-corrected chi connectivity index (χ0v) is 15.7. The van der Waals surface area contributed by atoms with Gasteiger partial charge in [-0.3, -0.25) is 4.99 Å². The molecule has 0 amide bonds. The van der Waals surface area contributed by atoms with Crippen molar-refractivity contribution < 1.29 is 9.15 Å². The molecule has 1 aliphatic heterocycles. The van der Waals surface area contributed by atoms with E-state index in [1.165, 1.54) is 6.42 Å². The molecule has 1 fully saturated rings. The largest absolute Gasteiger partial charge is 0.469 e. The van der Waals surface area contributed by atoms with Crippen LogP contribution in [0.4, 0.5) is 0 Å². The molecule has 0 aliphatic carbocycles. The van der Waals surface area contributed by atoms with Crippen molar-refractivity contribution in [2.45, 2.75) is 32.6 Å². The summed E-state index contributed by atoms with van der Waals surface area (Å²) in [4.78, 5) is 4.68. The number of rotatable bonds is 8. The van der Waals surface area contributed by atoms with Gasteiger partial charge in [-0.05, 0) is 25.0 Å². The first-order valence-electron chi connectivity index (χ1n) is 8.00. The minimum atomic E-state index is 0. The van der Waals surface area contributed by atoms with Gasteiger partial charge in [-0.25, -0.2) is 0 Å². The minimum Gasteiger partial charge on any atom is -0.469 e. The maximum Gasteiger partial charge on any atom is 0.191 e. The third-order valence-corrected chi connectivity index (χ3v) is 3.60. The quantitative estimate of drug-likeness (QED) is 0.293. The molecule has 6 heteroatoms. The molecule has 2 N–H and O–H groups in total. The van der Waals surface area contributed by atoms with Gasteiger partial charge in [0.15, 0.2) is 5.96 Å². The Hall–Kier alpha value is -0.760. The van der Waals surface area contributed by atoms with Crippen molar-refractivity contribution in [3.63, 3.8) is 0 Å². The number of nitrogens with zero attached hydrogens (tertiary/aromatic N) is 1. The van der Waals surface area contributed by atoms with Crippen molar-refractivity contribution in [1.29, 1.82) is 0 Å². The van der Waals surface area contributed by atoms with Crippen LogP contribution in [0, 0.1) is 5.92 Å². The van der Waals surface area contributed by atoms with E-state index in [2.05, 4.69) is 22.5 Å². The number of halogens is 1. The highest BCUT2D eigenvalue weighted by Crippen LogP contribution is 2.12. The Kier molecular flexibility index (Phi) is 10.3. The summed E-state index contributed by atoms with van der Waals surface area (Å²) in [6, 6.07) is 3.92. The van der Waals surface area contributed by atoms with E-state index in [-0.39, 0.29) is 24.0 Å². The SMILES string of the molecule is CCCCNC(=NCC1CCOC1)NCCc1ccco1.I. The second kappa shape index (κ2) is 11.8. The van der Waals surface area contributed by atoms with Crippen LogP contribution in [0.5, 0.6) is 0 Å². The van der Waals surface area contributed by atoms with Crippen molar-refractivity contribution in [2.24, 2.45) is 10.9 Å². The Morgan fingerprint density at radius 1 is 1.36 bits per heavy atom. The number of guanidine groups is 1. The van der Waals surface area contributed by atoms with E-state index in [0.717, 1.165) is 63.8 Å². The van der Waals surface area contributed by atoms with Crippen molar-refractivity contribution >= 4 is 29.9 Å². The number of unbranched alkanes of at least 4 members (excludes halogenated alkanes) is 1. The summed E-state index contributed by atoms with van der Waals surface area (Å²) < 4.78 is 10.7. The van der Waals surface area contributed by atoms with Gasteiger partial charge < -0.3 is 19.8 Å². The predicted octanol–water partition coefficient (Wildman–Crippen LogP) is 2.81. The average molecular weight is 421 g/mol. The van der Waals surface area contributed by atoms with Crippen LogP contribution in [0.15, 0.2) is 27.8 Å². The predicted molar refractivity (Wildman–Crippen MR) is 100.0 cm³/mol. The van der Waals surface area contributed by atoms with Gasteiger partial charge in [0.05, 0.1) is 12.9 Å². The van der Waals surface area contributed by atoms with Gasteiger partial charge in [0.25, 0.3) is 0 Å². The molecule has 1 atom stereocenters. The number of hydrogen-bond donors (Lipinski definition) is 2. The van der Waals surface area contributed by atoms with Crippen molar-refractivity contribution in [3.8, 4) is 0 Å². The molecule has 1 unspecified atom stereocenters. The van der Waals surface area contributed by atoms with Gasteiger partial charge in [0, 0.05) is 38.6 Å². The summed E-state index contributed by atoms with van der Waals surface area (Å²) in [7, 11) is 0. The summed E-state index contributed by atoms with van der Waals surface area (Å²) in [6.45, 7) is 6.54. The fourth-order valence-electron chi connectivity index (χ4n) is 2.26. The fourth-order valence-corrected chi connectivity index (χ4v) is 2.26. The summed E-state index contributed by atoms with van der Waals surface area (Å²) in [6.07, 6.45) is 6.05. The van der Waals surface area contributed by atoms with E-state index in [1.54, 1.807) is 6.26 Å². The van der Waals surface area contributed by atoms with Crippen LogP contribution in [-0.2, 0) is 11.2 Å². The Morgan fingerprint density at radius 2 is 2.23 bits per heavy atom. The smallest absolute Gasteiger partial charge is 0.191 e. The lowest BCUT2D eigenvalue weighted by Crippen LogP contribution is -2.39. The van der Waals surface area contributed by atoms with Crippen molar-refractivity contribution in [1.82, 2.24) is 10.6 Å². The van der Waals surface area contributed by atoms with E-state index in [0.29, 0.717) is 5.92 Å². The molecule has 0 bridgehead atoms. The van der Waals surface area contributed by atoms with E-state index in [1.807, 2.05) is 12.1 Å². The van der Waals surface area contributed by atoms with E-state index < -0.39 is 0 Å². The lowest BCUT2D eigenvalue weighted by atomic mass is 10.1. The van der Waals surface area contributed by atoms with Crippen LogP contribution in [0.2, 0.25) is 0 Å². The van der Waals surface area contributed by atoms with Crippen LogP contribution in [0.1, 0.15) is 31.9 Å². The second-order valence-corrected chi connectivity index (χ2v) is 5.46. The monoisotopic (exact) mass is 421 g/mol. The standard InChI is InChI=1S/C16H27N3O2.HI/c1-2-3-8-17-16(19-12-14-7-11-20-13-14)18-9-6-15-5-4-10-21-15;/h4-5,10,14H,2-3,6-9,11-13H2,1H3,(H2,17,18,19);1H. The van der Waals surface area contributed by atoms with Crippen molar-refractivity contribution in [2.75, 3.05) is 32.8 Å². The van der Waals surface area contributed by atoms with E-state index in [9.17, 15) is 0 Å². The third-order valence-electron chi connectivity index (χ3n) is 3.60. The van der Waals surface area contributed by atoms with Crippen LogP contribution in [0.3, 0.4) is 0 Å². The highest BCUT2D eigenvalue weighted by molar-refractivity contribution is 14.0. The summed E-state index contributed by atoms with van der Waals surface area (Å²) >= 11 is 0. The zero-order valence-electron chi connectivity index (χ0n) is 13.3. The van der Waals surface area contributed by atoms with Gasteiger partial charge in [0.1, 0.15) is 5.76 Å². The maximum absolute atomic E-state index is 5.40. The molecule has 0 spiro atoms. The molecule has 5 nitrogen and oxygen atoms in total. The summed E-state index contributed by atoms with van der Waals surface area (Å²) in [5.41, 5.74) is 0. The Morgan fingerprint density at radius 3 is 2.91 bits per heavy atom. The summed E-state index contributed by atoms with van der Waals surface area (Å²) in [5.74, 6) is 2.47. The minimum absolute atomic E-state index is 0. The molecule has 1 saturated heterocycles. The molecular formula is C16H28IN3O2. The Bertz CT molecular complexity index is 404. The lowest BCUT2D eigenvalue weighted by molar-refractivity contribution is 0.187. The molecule has 1 aromatic rings. The topological polar surface area (TPSA) is 58.8 Å². The molecule has 2 heterocycles. The lowest BCUT2D eigenvalue weighted by Gasteiger charge is -2.13. The first kappa shape index (κ1) is 19.3. The number of ether oxygens (including phenoxy) is 1. The van der Waals surface area contributed by atoms with Crippen molar-refractivity contribution in [3.05, 3.63) is 24.2 Å². The maximum atomic E-state index is 5.40. The van der Waals surface area contributed by atoms with Gasteiger partial charge in [-0.1, -0.05) is 13.3 Å². The Balaban J connectivity index is 0.00000242. The highest BCUT2D eigenvalue weighted by Gasteiger charge is 2.15. The third kappa shape index (κ3) is 7.49. The first-order valence-corrected chi connectivity index (χ1v) is 8.00. The molecule has 2 rings (SSSR count). The van der Waals surface area contributed by atoms with Gasteiger partial charge in [-0.15, -0.1) is 24.0 Å². The van der Waals surface area contributed by atoms with Crippen LogP contribution < -0.4 is 10.6 Å². The second-order valence-electron chi connectivity index (χ2n) is 5.46. The normalized spacial score (nSPS) is 18.0. The first-order chi connectivity index (χ1) is 10.4. The van der Waals surface area contributed by atoms with Gasteiger partial charge in [-0.2, -0.15) is 0 Å². The summed E-state index contributed by atoms with van der Waals surface area (Å²) in [5, 5.41) is 6.77. The number of furan rings is 1. The van der Waals surface area contributed by atoms with Crippen LogP contribution in [-0.4, -0.2) is 38.8 Å². The van der Waals surface area contributed by atoms with E-state index >= 15 is 0 Å². The van der Waals surface area contributed by atoms with Gasteiger partial charge in [0.2, 0.25) is 0 Å². The number of hydrogen-bond acceptors (Lipinski definition) is 3. The Labute approximate surface area is 150 Å². The van der Waals surface area contributed by atoms with Crippen LogP contribution >= 0.6 is 24.0 Å². The molecule has 126 valence electrons. The number of aliphatic imine (C=N–C) groups is 1. The van der Waals surface area contributed by atoms with Gasteiger partial charge >= 0.3 is 0 Å². The highest BCUT2D eigenvalue weighted by atomic mass is 127. The average Bonchev–Trinajstić information content (AvgIpc) is 3.18. The molecule has 1 aliphatic rings. The zero-order chi connectivity index (χ0) is 14.8. The molecule has 1 aromatic heterocycles. The van der Waals surface area contributed by atoms with Crippen LogP contribution in [0.25, 0.3) is 0 Å². The van der Waals surface area contributed by atoms with E-state index in [4.69, 9.17) is 9.15 Å². The molecule has 22 heavy (non-hydrogen) atoms. The fraction of sp³-hybridized carbons (Fsp3) is 0.688. The molecular weight excluding hydrogens is 393 g/mol. The molecule has 0 aromatic carbocycles. The molecule has 0 saturated carbocycles. The molecule has 0 radical (unpaired) electrons. The number of nitrogens with one attached hydrogen (secondary N) is 2.